The number of carbonyl (C=O) groups excluding carboxylic acids is 2. The van der Waals surface area contributed by atoms with Crippen LogP contribution in [0.15, 0.2) is 78.4 Å². The monoisotopic (exact) mass is 427 g/mol. The van der Waals surface area contributed by atoms with E-state index in [1.807, 2.05) is 13.0 Å². The number of benzene rings is 3. The van der Waals surface area contributed by atoms with Gasteiger partial charge in [-0.1, -0.05) is 60.2 Å². The minimum absolute atomic E-state index is 0.0841. The van der Waals surface area contributed by atoms with E-state index >= 15 is 0 Å². The summed E-state index contributed by atoms with van der Waals surface area (Å²) in [4.78, 5) is 34.8. The van der Waals surface area contributed by atoms with Crippen LogP contribution in [0.1, 0.15) is 22.7 Å². The Morgan fingerprint density at radius 2 is 1.69 bits per heavy atom. The van der Waals surface area contributed by atoms with Crippen molar-refractivity contribution in [1.29, 1.82) is 0 Å². The third-order valence-electron chi connectivity index (χ3n) is 5.57. The van der Waals surface area contributed by atoms with Gasteiger partial charge in [0.15, 0.2) is 0 Å². The molecule has 7 heteroatoms. The summed E-state index contributed by atoms with van der Waals surface area (Å²) in [5.74, 6) is -2.67. The lowest BCUT2D eigenvalue weighted by atomic mass is 9.95. The molecular weight excluding hydrogens is 409 g/mol. The number of hydrogen-bond donors (Lipinski definition) is 2. The average molecular weight is 427 g/mol. The van der Waals surface area contributed by atoms with Gasteiger partial charge in [-0.3, -0.25) is 14.5 Å². The van der Waals surface area contributed by atoms with E-state index in [4.69, 9.17) is 0 Å². The molecule has 1 unspecified atom stereocenters. The molecule has 0 radical (unpaired) electrons. The molecule has 6 nitrogen and oxygen atoms in total. The number of fused-ring (bicyclic) bond motifs is 1. The maximum Gasteiger partial charge on any atom is 0.302 e. The predicted molar refractivity (Wildman–Crippen MR) is 118 cm³/mol. The van der Waals surface area contributed by atoms with Crippen molar-refractivity contribution in [3.8, 4) is 0 Å². The van der Waals surface area contributed by atoms with E-state index in [0.29, 0.717) is 16.6 Å². The minimum atomic E-state index is -1.18. The third-order valence-corrected chi connectivity index (χ3v) is 5.57. The first kappa shape index (κ1) is 19.7. The average Bonchev–Trinajstić information content (AvgIpc) is 3.33. The third kappa shape index (κ3) is 3.06. The van der Waals surface area contributed by atoms with Crippen molar-refractivity contribution in [3.05, 3.63) is 101 Å². The Balaban J connectivity index is 1.75. The molecule has 4 aromatic rings. The molecule has 1 fully saturated rings. The highest BCUT2D eigenvalue weighted by Gasteiger charge is 2.49. The molecule has 2 heterocycles. The summed E-state index contributed by atoms with van der Waals surface area (Å²) in [5.41, 5.74) is 2.48. The van der Waals surface area contributed by atoms with E-state index in [2.05, 4.69) is 9.97 Å². The summed E-state index contributed by atoms with van der Waals surface area (Å²) in [6.07, 6.45) is 0. The van der Waals surface area contributed by atoms with Crippen LogP contribution < -0.4 is 4.90 Å². The van der Waals surface area contributed by atoms with Crippen LogP contribution in [0.5, 0.6) is 0 Å². The summed E-state index contributed by atoms with van der Waals surface area (Å²) < 4.78 is 14.9. The van der Waals surface area contributed by atoms with E-state index in [9.17, 15) is 19.1 Å². The zero-order valence-corrected chi connectivity index (χ0v) is 17.0. The van der Waals surface area contributed by atoms with Gasteiger partial charge in [-0.25, -0.2) is 9.37 Å². The number of aromatic nitrogens is 2. The molecular formula is C25H18FN3O3. The number of carbonyl (C=O) groups is 2. The first-order valence-corrected chi connectivity index (χ1v) is 10.0. The molecule has 1 saturated heterocycles. The number of H-pyrrole nitrogens is 1. The van der Waals surface area contributed by atoms with Gasteiger partial charge in [0.2, 0.25) is 5.95 Å². The van der Waals surface area contributed by atoms with Crippen molar-refractivity contribution in [2.45, 2.75) is 13.0 Å². The van der Waals surface area contributed by atoms with Gasteiger partial charge in [-0.2, -0.15) is 0 Å². The number of para-hydroxylation sites is 2. The topological polar surface area (TPSA) is 86.3 Å². The summed E-state index contributed by atoms with van der Waals surface area (Å²) in [7, 11) is 0. The Kier molecular flexibility index (Phi) is 4.59. The Bertz CT molecular complexity index is 1370. The maximum atomic E-state index is 14.9. The van der Waals surface area contributed by atoms with Crippen LogP contribution in [0.4, 0.5) is 10.3 Å². The molecule has 3 aromatic carbocycles. The molecule has 1 atom stereocenters. The number of rotatable bonds is 3. The Hall–Kier alpha value is -4.26. The minimum Gasteiger partial charge on any atom is -0.507 e. The van der Waals surface area contributed by atoms with Crippen molar-refractivity contribution < 1.29 is 19.1 Å². The van der Waals surface area contributed by atoms with Crippen LogP contribution in [0.2, 0.25) is 0 Å². The van der Waals surface area contributed by atoms with Gasteiger partial charge < -0.3 is 10.1 Å². The van der Waals surface area contributed by atoms with Crippen molar-refractivity contribution in [1.82, 2.24) is 9.97 Å². The standard InChI is InChI=1S/C25H18FN3O3/c1-14-10-12-15(13-11-14)22(30)20-21(16-6-2-3-7-17(16)26)29(24(32)23(20)31)25-27-18-8-4-5-9-19(18)28-25/h2-13,21,30H,1H3,(H,27,28)/b22-20+. The van der Waals surface area contributed by atoms with Crippen LogP contribution in [0.25, 0.3) is 16.8 Å². The zero-order valence-electron chi connectivity index (χ0n) is 17.0. The van der Waals surface area contributed by atoms with Crippen LogP contribution >= 0.6 is 0 Å². The Labute approximate surface area is 182 Å². The molecule has 158 valence electrons. The number of hydrogen-bond acceptors (Lipinski definition) is 4. The van der Waals surface area contributed by atoms with Crippen molar-refractivity contribution in [2.24, 2.45) is 0 Å². The molecule has 0 saturated carbocycles. The lowest BCUT2D eigenvalue weighted by molar-refractivity contribution is -0.132. The SMILES string of the molecule is Cc1ccc(/C(O)=C2\C(=O)C(=O)N(c3nc4ccccc4[nH]3)C2c2ccccc2F)cc1. The van der Waals surface area contributed by atoms with Crippen molar-refractivity contribution in [2.75, 3.05) is 4.90 Å². The van der Waals surface area contributed by atoms with E-state index in [0.717, 1.165) is 10.5 Å². The number of imidazole rings is 1. The van der Waals surface area contributed by atoms with E-state index in [1.54, 1.807) is 48.5 Å². The molecule has 1 aliphatic heterocycles. The molecule has 2 N–H and O–H groups in total. The fourth-order valence-electron chi connectivity index (χ4n) is 3.96. The lowest BCUT2D eigenvalue weighted by Crippen LogP contribution is -2.30. The number of anilines is 1. The van der Waals surface area contributed by atoms with Crippen LogP contribution in [0.3, 0.4) is 0 Å². The molecule has 0 spiro atoms. The maximum absolute atomic E-state index is 14.9. The van der Waals surface area contributed by atoms with E-state index in [-0.39, 0.29) is 22.8 Å². The van der Waals surface area contributed by atoms with Gasteiger partial charge >= 0.3 is 5.91 Å². The largest absolute Gasteiger partial charge is 0.507 e. The first-order chi connectivity index (χ1) is 15.5. The lowest BCUT2D eigenvalue weighted by Gasteiger charge is -2.23. The summed E-state index contributed by atoms with van der Waals surface area (Å²) in [6.45, 7) is 1.89. The van der Waals surface area contributed by atoms with Gasteiger partial charge in [0.1, 0.15) is 17.6 Å². The molecule has 0 aliphatic carbocycles. The fourth-order valence-corrected chi connectivity index (χ4v) is 3.96. The Morgan fingerprint density at radius 3 is 2.41 bits per heavy atom. The van der Waals surface area contributed by atoms with Crippen molar-refractivity contribution in [3.63, 3.8) is 0 Å². The first-order valence-electron chi connectivity index (χ1n) is 10.0. The summed E-state index contributed by atoms with van der Waals surface area (Å²) >= 11 is 0. The molecule has 1 amide bonds. The highest BCUT2D eigenvalue weighted by molar-refractivity contribution is 6.51. The number of aliphatic hydroxyl groups excluding tert-OH is 1. The van der Waals surface area contributed by atoms with Gasteiger partial charge in [0.25, 0.3) is 5.78 Å². The number of nitrogens with one attached hydrogen (secondary N) is 1. The number of nitrogens with zero attached hydrogens (tertiary/aromatic N) is 2. The number of amides is 1. The van der Waals surface area contributed by atoms with Crippen LogP contribution in [-0.4, -0.2) is 26.8 Å². The van der Waals surface area contributed by atoms with Gasteiger partial charge in [-0.05, 0) is 25.1 Å². The van der Waals surface area contributed by atoms with Crippen LogP contribution in [0, 0.1) is 12.7 Å². The predicted octanol–water partition coefficient (Wildman–Crippen LogP) is 4.64. The second-order valence-corrected chi connectivity index (χ2v) is 7.63. The number of aliphatic hydroxyl groups is 1. The second-order valence-electron chi connectivity index (χ2n) is 7.63. The molecule has 1 aliphatic rings. The number of Topliss-reactive ketones (excluding diaryl/α,β-unsaturated/α-hetero) is 1. The normalized spacial score (nSPS) is 17.9. The Morgan fingerprint density at radius 1 is 1.00 bits per heavy atom. The summed E-state index contributed by atoms with van der Waals surface area (Å²) in [5, 5.41) is 11.1. The molecule has 5 rings (SSSR count). The molecule has 0 bridgehead atoms. The number of ketones is 1. The number of halogens is 1. The second kappa shape index (κ2) is 7.46. The highest BCUT2D eigenvalue weighted by Crippen LogP contribution is 2.42. The summed E-state index contributed by atoms with van der Waals surface area (Å²) in [6, 6.07) is 18.7. The number of aromatic amines is 1. The fraction of sp³-hybridized carbons (Fsp3) is 0.0800. The van der Waals surface area contributed by atoms with Gasteiger partial charge in [0, 0.05) is 11.1 Å². The van der Waals surface area contributed by atoms with E-state index < -0.39 is 23.5 Å². The highest BCUT2D eigenvalue weighted by atomic mass is 19.1. The van der Waals surface area contributed by atoms with E-state index in [1.165, 1.54) is 18.2 Å². The smallest absolute Gasteiger partial charge is 0.302 e. The number of aryl methyl sites for hydroxylation is 1. The van der Waals surface area contributed by atoms with Crippen molar-refractivity contribution >= 4 is 34.4 Å². The van der Waals surface area contributed by atoms with Gasteiger partial charge in [-0.15, -0.1) is 0 Å². The quantitative estimate of drug-likeness (QED) is 0.283. The van der Waals surface area contributed by atoms with Gasteiger partial charge in [0.05, 0.1) is 16.6 Å². The molecule has 1 aromatic heterocycles. The zero-order chi connectivity index (χ0) is 22.4. The molecule has 32 heavy (non-hydrogen) atoms. The van der Waals surface area contributed by atoms with Crippen LogP contribution in [-0.2, 0) is 9.59 Å².